The Hall–Kier alpha value is -3.83. The quantitative estimate of drug-likeness (QED) is 0.340. The van der Waals surface area contributed by atoms with Crippen LogP contribution in [0.15, 0.2) is 85.1 Å². The number of aliphatic hydroxyl groups excluding tert-OH is 1. The van der Waals surface area contributed by atoms with Gasteiger partial charge in [-0.2, -0.15) is 0 Å². The van der Waals surface area contributed by atoms with Crippen molar-refractivity contribution in [1.29, 1.82) is 0 Å². The van der Waals surface area contributed by atoms with Gasteiger partial charge >= 0.3 is 0 Å². The SMILES string of the molecule is CC(C)Oc1ccc(CC(=O)Cc2ncc(-c3ccc(CO)cc3)nc2Cc2ccccc2)cc1. The Kier molecular flexibility index (Phi) is 8.01. The molecule has 0 spiro atoms. The smallest absolute Gasteiger partial charge is 0.143 e. The van der Waals surface area contributed by atoms with Crippen molar-refractivity contribution in [3.63, 3.8) is 0 Å². The molecule has 1 aromatic heterocycles. The van der Waals surface area contributed by atoms with Gasteiger partial charge in [0.15, 0.2) is 0 Å². The fraction of sp³-hybridized carbons (Fsp3) is 0.233. The van der Waals surface area contributed by atoms with Crippen LogP contribution >= 0.6 is 0 Å². The van der Waals surface area contributed by atoms with E-state index in [2.05, 4.69) is 17.1 Å². The van der Waals surface area contributed by atoms with Crippen LogP contribution < -0.4 is 4.74 Å². The number of nitrogens with zero attached hydrogens (tertiary/aromatic N) is 2. The molecule has 0 aliphatic rings. The molecule has 0 aliphatic heterocycles. The van der Waals surface area contributed by atoms with Gasteiger partial charge in [-0.15, -0.1) is 0 Å². The lowest BCUT2D eigenvalue weighted by molar-refractivity contribution is -0.117. The highest BCUT2D eigenvalue weighted by molar-refractivity contribution is 5.83. The number of hydrogen-bond donors (Lipinski definition) is 1. The minimum absolute atomic E-state index is 0.000256. The topological polar surface area (TPSA) is 72.3 Å². The predicted octanol–water partition coefficient (Wildman–Crippen LogP) is 5.37. The van der Waals surface area contributed by atoms with Crippen LogP contribution in [0.4, 0.5) is 0 Å². The lowest BCUT2D eigenvalue weighted by atomic mass is 10.0. The molecule has 0 fully saturated rings. The van der Waals surface area contributed by atoms with Crippen molar-refractivity contribution in [1.82, 2.24) is 9.97 Å². The van der Waals surface area contributed by atoms with Crippen molar-refractivity contribution in [2.24, 2.45) is 0 Å². The number of benzene rings is 3. The number of hydrogen-bond acceptors (Lipinski definition) is 5. The first kappa shape index (κ1) is 24.3. The molecule has 0 atom stereocenters. The van der Waals surface area contributed by atoms with E-state index in [1.807, 2.05) is 80.6 Å². The number of carbonyl (C=O) groups is 1. The monoisotopic (exact) mass is 466 g/mol. The third-order valence-corrected chi connectivity index (χ3v) is 5.64. The molecule has 0 unspecified atom stereocenters. The highest BCUT2D eigenvalue weighted by atomic mass is 16.5. The van der Waals surface area contributed by atoms with Gasteiger partial charge in [-0.1, -0.05) is 66.7 Å². The molecule has 0 radical (unpaired) electrons. The third-order valence-electron chi connectivity index (χ3n) is 5.64. The molecule has 1 heterocycles. The molecular weight excluding hydrogens is 436 g/mol. The van der Waals surface area contributed by atoms with E-state index in [1.54, 1.807) is 6.20 Å². The molecule has 0 amide bonds. The zero-order chi connectivity index (χ0) is 24.6. The molecule has 0 aliphatic carbocycles. The summed E-state index contributed by atoms with van der Waals surface area (Å²) in [6, 6.07) is 25.4. The van der Waals surface area contributed by atoms with E-state index >= 15 is 0 Å². The first-order chi connectivity index (χ1) is 17.0. The molecule has 5 nitrogen and oxygen atoms in total. The summed E-state index contributed by atoms with van der Waals surface area (Å²) in [6.07, 6.45) is 2.99. The normalized spacial score (nSPS) is 11.0. The molecule has 178 valence electrons. The number of ether oxygens (including phenoxy) is 1. The first-order valence-corrected chi connectivity index (χ1v) is 11.9. The molecule has 0 bridgehead atoms. The molecule has 4 aromatic rings. The van der Waals surface area contributed by atoms with Crippen LogP contribution in [-0.4, -0.2) is 27.0 Å². The van der Waals surface area contributed by atoms with E-state index in [9.17, 15) is 9.90 Å². The van der Waals surface area contributed by atoms with Gasteiger partial charge in [0.2, 0.25) is 0 Å². The fourth-order valence-electron chi connectivity index (χ4n) is 3.89. The number of ketones is 1. The highest BCUT2D eigenvalue weighted by Crippen LogP contribution is 2.21. The standard InChI is InChI=1S/C30H30N2O3/c1-21(2)35-27-14-10-23(11-15-27)16-26(34)18-28-29(17-22-6-4-3-5-7-22)32-30(19-31-28)25-12-8-24(20-33)9-13-25/h3-15,19,21,33H,16-18,20H2,1-2H3. The maximum atomic E-state index is 13.0. The molecule has 1 N–H and O–H groups in total. The van der Waals surface area contributed by atoms with E-state index in [0.717, 1.165) is 39.4 Å². The van der Waals surface area contributed by atoms with Crippen molar-refractivity contribution in [2.75, 3.05) is 0 Å². The minimum atomic E-state index is -0.000256. The molecular formula is C30H30N2O3. The van der Waals surface area contributed by atoms with Crippen molar-refractivity contribution < 1.29 is 14.6 Å². The highest BCUT2D eigenvalue weighted by Gasteiger charge is 2.15. The Labute approximate surface area is 206 Å². The second-order valence-corrected chi connectivity index (χ2v) is 8.87. The Balaban J connectivity index is 1.54. The Morgan fingerprint density at radius 3 is 2.17 bits per heavy atom. The first-order valence-electron chi connectivity index (χ1n) is 11.9. The third kappa shape index (κ3) is 6.84. The zero-order valence-corrected chi connectivity index (χ0v) is 20.1. The summed E-state index contributed by atoms with van der Waals surface area (Å²) in [4.78, 5) is 22.5. The molecule has 0 saturated carbocycles. The van der Waals surface area contributed by atoms with Gasteiger partial charge < -0.3 is 9.84 Å². The summed E-state index contributed by atoms with van der Waals surface area (Å²) in [5, 5.41) is 9.32. The van der Waals surface area contributed by atoms with Crippen LogP contribution in [0.5, 0.6) is 5.75 Å². The molecule has 35 heavy (non-hydrogen) atoms. The van der Waals surface area contributed by atoms with Gasteiger partial charge in [0.05, 0.1) is 42.4 Å². The summed E-state index contributed by atoms with van der Waals surface area (Å²) in [5.41, 5.74) is 6.08. The van der Waals surface area contributed by atoms with Crippen LogP contribution in [0.2, 0.25) is 0 Å². The number of carbonyl (C=O) groups excluding carboxylic acids is 1. The van der Waals surface area contributed by atoms with Crippen LogP contribution in [0.3, 0.4) is 0 Å². The van der Waals surface area contributed by atoms with E-state index in [0.29, 0.717) is 18.5 Å². The number of rotatable bonds is 10. The van der Waals surface area contributed by atoms with E-state index in [4.69, 9.17) is 9.72 Å². The minimum Gasteiger partial charge on any atom is -0.491 e. The summed E-state index contributed by atoms with van der Waals surface area (Å²) in [6.45, 7) is 3.97. The molecule has 3 aromatic carbocycles. The Bertz CT molecular complexity index is 1250. The Morgan fingerprint density at radius 1 is 0.829 bits per heavy atom. The maximum Gasteiger partial charge on any atom is 0.143 e. The molecule has 0 saturated heterocycles. The molecule has 5 heteroatoms. The lowest BCUT2D eigenvalue weighted by Crippen LogP contribution is -2.12. The van der Waals surface area contributed by atoms with E-state index in [1.165, 1.54) is 0 Å². The number of aromatic nitrogens is 2. The molecule has 4 rings (SSSR count). The largest absolute Gasteiger partial charge is 0.491 e. The van der Waals surface area contributed by atoms with Gasteiger partial charge in [0.25, 0.3) is 0 Å². The van der Waals surface area contributed by atoms with Gasteiger partial charge in [0, 0.05) is 18.4 Å². The number of aliphatic hydroxyl groups is 1. The summed E-state index contributed by atoms with van der Waals surface area (Å²) >= 11 is 0. The lowest BCUT2D eigenvalue weighted by Gasteiger charge is -2.12. The van der Waals surface area contributed by atoms with Crippen LogP contribution in [0.25, 0.3) is 11.3 Å². The average molecular weight is 467 g/mol. The maximum absolute atomic E-state index is 13.0. The van der Waals surface area contributed by atoms with Gasteiger partial charge in [-0.05, 0) is 42.7 Å². The fourth-order valence-corrected chi connectivity index (χ4v) is 3.89. The zero-order valence-electron chi connectivity index (χ0n) is 20.1. The van der Waals surface area contributed by atoms with Crippen molar-refractivity contribution >= 4 is 5.78 Å². The number of Topliss-reactive ketones (excluding diaryl/α,β-unsaturated/α-hetero) is 1. The van der Waals surface area contributed by atoms with Crippen LogP contribution in [-0.2, 0) is 30.7 Å². The van der Waals surface area contributed by atoms with Gasteiger partial charge in [-0.3, -0.25) is 9.78 Å². The van der Waals surface area contributed by atoms with Crippen molar-refractivity contribution in [2.45, 2.75) is 45.8 Å². The van der Waals surface area contributed by atoms with Gasteiger partial charge in [0.1, 0.15) is 11.5 Å². The second-order valence-electron chi connectivity index (χ2n) is 8.87. The second kappa shape index (κ2) is 11.5. The summed E-state index contributed by atoms with van der Waals surface area (Å²) in [7, 11) is 0. The Morgan fingerprint density at radius 2 is 1.51 bits per heavy atom. The summed E-state index contributed by atoms with van der Waals surface area (Å²) in [5.74, 6) is 0.890. The van der Waals surface area contributed by atoms with Gasteiger partial charge in [-0.25, -0.2) is 4.98 Å². The van der Waals surface area contributed by atoms with E-state index in [-0.39, 0.29) is 24.9 Å². The predicted molar refractivity (Wildman–Crippen MR) is 137 cm³/mol. The van der Waals surface area contributed by atoms with Crippen LogP contribution in [0.1, 0.15) is 41.9 Å². The van der Waals surface area contributed by atoms with Crippen LogP contribution in [0, 0.1) is 0 Å². The van der Waals surface area contributed by atoms with E-state index < -0.39 is 0 Å². The average Bonchev–Trinajstić information content (AvgIpc) is 2.87. The van der Waals surface area contributed by atoms with Crippen molar-refractivity contribution in [3.8, 4) is 17.0 Å². The summed E-state index contributed by atoms with van der Waals surface area (Å²) < 4.78 is 5.69. The van der Waals surface area contributed by atoms with Crippen molar-refractivity contribution in [3.05, 3.63) is 113 Å².